The summed E-state index contributed by atoms with van der Waals surface area (Å²) in [6.45, 7) is 3.07. The molecule has 1 saturated heterocycles. The Labute approximate surface area is 192 Å². The number of rotatable bonds is 9. The molecule has 0 spiro atoms. The Morgan fingerprint density at radius 1 is 1.03 bits per heavy atom. The van der Waals surface area contributed by atoms with Gasteiger partial charge in [-0.15, -0.1) is 0 Å². The first-order chi connectivity index (χ1) is 15.8. The summed E-state index contributed by atoms with van der Waals surface area (Å²) in [6.07, 6.45) is 10.7. The van der Waals surface area contributed by atoms with E-state index in [1.807, 2.05) is 6.07 Å². The van der Waals surface area contributed by atoms with Gasteiger partial charge in [-0.05, 0) is 80.3 Å². The van der Waals surface area contributed by atoms with Crippen molar-refractivity contribution in [3.05, 3.63) is 89.1 Å². The maximum Gasteiger partial charge on any atom is 0.102 e. The number of likely N-dealkylation sites (tertiary alicyclic amines) is 1. The zero-order valence-corrected chi connectivity index (χ0v) is 19.0. The number of aliphatic hydroxyl groups is 1. The predicted molar refractivity (Wildman–Crippen MR) is 131 cm³/mol. The van der Waals surface area contributed by atoms with Crippen LogP contribution in [0.1, 0.15) is 43.2 Å². The smallest absolute Gasteiger partial charge is 0.102 e. The summed E-state index contributed by atoms with van der Waals surface area (Å²) >= 11 is 0. The van der Waals surface area contributed by atoms with E-state index in [1.54, 1.807) is 0 Å². The van der Waals surface area contributed by atoms with Gasteiger partial charge in [-0.1, -0.05) is 66.7 Å². The summed E-state index contributed by atoms with van der Waals surface area (Å²) in [6, 6.07) is 21.2. The van der Waals surface area contributed by atoms with Gasteiger partial charge in [0.2, 0.25) is 0 Å². The van der Waals surface area contributed by atoms with Gasteiger partial charge in [0.25, 0.3) is 0 Å². The van der Waals surface area contributed by atoms with Crippen molar-refractivity contribution in [2.45, 2.75) is 44.6 Å². The Bertz CT molecular complexity index is 871. The molecule has 170 valence electrons. The quantitative estimate of drug-likeness (QED) is 0.549. The number of piperidine rings is 1. The van der Waals surface area contributed by atoms with E-state index < -0.39 is 6.10 Å². The molecule has 0 amide bonds. The number of hydrogen-bond donors (Lipinski definition) is 2. The van der Waals surface area contributed by atoms with Crippen LogP contribution in [0, 0.1) is 5.92 Å². The van der Waals surface area contributed by atoms with Gasteiger partial charge < -0.3 is 10.0 Å². The average molecular weight is 433 g/mol. The van der Waals surface area contributed by atoms with Gasteiger partial charge in [0, 0.05) is 6.54 Å². The lowest BCUT2D eigenvalue weighted by Crippen LogP contribution is -2.41. The fraction of sp³-hybridized carbons (Fsp3) is 0.429. The van der Waals surface area contributed by atoms with Crippen molar-refractivity contribution in [3.63, 3.8) is 0 Å². The van der Waals surface area contributed by atoms with E-state index in [0.717, 1.165) is 50.4 Å². The largest absolute Gasteiger partial charge is 0.389 e. The number of hydrogen-bond acceptors (Lipinski definition) is 4. The molecule has 1 aliphatic heterocycles. The molecule has 1 fully saturated rings. The van der Waals surface area contributed by atoms with E-state index >= 15 is 0 Å². The summed E-state index contributed by atoms with van der Waals surface area (Å²) in [5, 5.41) is 10.5. The van der Waals surface area contributed by atoms with Crippen LogP contribution in [0.2, 0.25) is 0 Å². The minimum Gasteiger partial charge on any atom is -0.389 e. The SMILES string of the molecule is O[C@H](CONC1=CCCCC1=Cc1ccccc1)CN1CCC(Cc2ccccc2)CC1. The third kappa shape index (κ3) is 7.06. The summed E-state index contributed by atoms with van der Waals surface area (Å²) in [7, 11) is 0. The number of nitrogens with one attached hydrogen (secondary N) is 1. The number of nitrogens with zero attached hydrogens (tertiary/aromatic N) is 1. The zero-order valence-electron chi connectivity index (χ0n) is 19.0. The molecular weight excluding hydrogens is 396 g/mol. The van der Waals surface area contributed by atoms with Crippen molar-refractivity contribution in [2.24, 2.45) is 5.92 Å². The number of β-amino-alcohol motifs (C(OH)–C–C–N with tert-alkyl or cyclic N) is 1. The van der Waals surface area contributed by atoms with E-state index in [9.17, 15) is 5.11 Å². The molecule has 32 heavy (non-hydrogen) atoms. The number of aliphatic hydroxyl groups excluding tert-OH is 1. The lowest BCUT2D eigenvalue weighted by molar-refractivity contribution is -0.0214. The third-order valence-electron chi connectivity index (χ3n) is 6.49. The van der Waals surface area contributed by atoms with E-state index in [2.05, 4.69) is 77.1 Å². The summed E-state index contributed by atoms with van der Waals surface area (Å²) in [5.74, 6) is 0.747. The molecule has 4 heteroatoms. The summed E-state index contributed by atoms with van der Waals surface area (Å²) in [5.41, 5.74) is 8.04. The van der Waals surface area contributed by atoms with Crippen LogP contribution in [0.4, 0.5) is 0 Å². The maximum absolute atomic E-state index is 10.5. The third-order valence-corrected chi connectivity index (χ3v) is 6.49. The standard InChI is InChI=1S/C28H36N2O2/c31-27(21-30-17-15-25(16-18-30)19-23-9-3-1-4-10-23)22-32-29-28-14-8-7-13-26(28)20-24-11-5-2-6-12-24/h1-6,9-12,14,20,25,27,29,31H,7-8,13,15-19,21-22H2/t27-/m0/s1. The molecule has 2 N–H and O–H groups in total. The van der Waals surface area contributed by atoms with Crippen LogP contribution in [-0.2, 0) is 11.3 Å². The van der Waals surface area contributed by atoms with E-state index in [4.69, 9.17) is 4.84 Å². The highest BCUT2D eigenvalue weighted by Gasteiger charge is 2.21. The van der Waals surface area contributed by atoms with Gasteiger partial charge in [-0.3, -0.25) is 10.3 Å². The van der Waals surface area contributed by atoms with Crippen molar-refractivity contribution in [2.75, 3.05) is 26.2 Å². The molecule has 1 heterocycles. The van der Waals surface area contributed by atoms with Gasteiger partial charge in [0.1, 0.15) is 6.61 Å². The lowest BCUT2D eigenvalue weighted by Gasteiger charge is -2.33. The molecule has 4 nitrogen and oxygen atoms in total. The molecule has 0 saturated carbocycles. The first-order valence-corrected chi connectivity index (χ1v) is 12.0. The van der Waals surface area contributed by atoms with E-state index in [1.165, 1.54) is 29.5 Å². The second-order valence-electron chi connectivity index (χ2n) is 9.09. The number of benzene rings is 2. The lowest BCUT2D eigenvalue weighted by atomic mass is 9.90. The van der Waals surface area contributed by atoms with Crippen LogP contribution in [0.15, 0.2) is 78.0 Å². The second-order valence-corrected chi connectivity index (χ2v) is 9.09. The summed E-state index contributed by atoms with van der Waals surface area (Å²) < 4.78 is 0. The van der Waals surface area contributed by atoms with Crippen LogP contribution in [0.5, 0.6) is 0 Å². The topological polar surface area (TPSA) is 44.7 Å². The first kappa shape index (κ1) is 22.8. The maximum atomic E-state index is 10.5. The molecule has 0 aromatic heterocycles. The highest BCUT2D eigenvalue weighted by Crippen LogP contribution is 2.25. The van der Waals surface area contributed by atoms with Gasteiger partial charge >= 0.3 is 0 Å². The Morgan fingerprint density at radius 3 is 2.50 bits per heavy atom. The molecule has 0 bridgehead atoms. The van der Waals surface area contributed by atoms with Crippen molar-refractivity contribution >= 4 is 6.08 Å². The zero-order chi connectivity index (χ0) is 22.0. The normalized spacial score (nSPS) is 20.2. The monoisotopic (exact) mass is 432 g/mol. The molecule has 2 aliphatic rings. The highest BCUT2D eigenvalue weighted by atomic mass is 16.6. The van der Waals surface area contributed by atoms with Crippen molar-refractivity contribution < 1.29 is 9.94 Å². The predicted octanol–water partition coefficient (Wildman–Crippen LogP) is 4.97. The molecule has 0 unspecified atom stereocenters. The molecule has 1 atom stereocenters. The number of hydroxylamine groups is 1. The average Bonchev–Trinajstić information content (AvgIpc) is 2.83. The second kappa shape index (κ2) is 12.0. The Balaban J connectivity index is 1.17. The van der Waals surface area contributed by atoms with Gasteiger partial charge in [-0.25, -0.2) is 0 Å². The van der Waals surface area contributed by atoms with Gasteiger partial charge in [0.15, 0.2) is 0 Å². The van der Waals surface area contributed by atoms with Crippen LogP contribution in [0.25, 0.3) is 6.08 Å². The molecule has 1 aliphatic carbocycles. The highest BCUT2D eigenvalue weighted by molar-refractivity contribution is 5.58. The number of allylic oxidation sites excluding steroid dienone is 2. The van der Waals surface area contributed by atoms with Crippen molar-refractivity contribution in [3.8, 4) is 0 Å². The van der Waals surface area contributed by atoms with E-state index in [-0.39, 0.29) is 0 Å². The fourth-order valence-electron chi connectivity index (χ4n) is 4.70. The van der Waals surface area contributed by atoms with Gasteiger partial charge in [0.05, 0.1) is 11.8 Å². The molecule has 0 radical (unpaired) electrons. The Morgan fingerprint density at radius 2 is 1.75 bits per heavy atom. The summed E-state index contributed by atoms with van der Waals surface area (Å²) in [4.78, 5) is 8.08. The van der Waals surface area contributed by atoms with Crippen LogP contribution >= 0.6 is 0 Å². The minimum absolute atomic E-state index is 0.292. The first-order valence-electron chi connectivity index (χ1n) is 12.0. The molecule has 4 rings (SSSR count). The Hall–Kier alpha value is -2.40. The van der Waals surface area contributed by atoms with Crippen LogP contribution in [0.3, 0.4) is 0 Å². The Kier molecular flexibility index (Phi) is 8.55. The van der Waals surface area contributed by atoms with Gasteiger partial charge in [-0.2, -0.15) is 0 Å². The van der Waals surface area contributed by atoms with Crippen LogP contribution in [-0.4, -0.2) is 42.4 Å². The van der Waals surface area contributed by atoms with Crippen molar-refractivity contribution in [1.82, 2.24) is 10.4 Å². The molecule has 2 aromatic rings. The van der Waals surface area contributed by atoms with E-state index in [0.29, 0.717) is 13.2 Å². The molecular formula is C28H36N2O2. The van der Waals surface area contributed by atoms with Crippen LogP contribution < -0.4 is 5.48 Å². The fourth-order valence-corrected chi connectivity index (χ4v) is 4.70. The molecule has 2 aromatic carbocycles. The minimum atomic E-state index is -0.487. The van der Waals surface area contributed by atoms with Crippen molar-refractivity contribution in [1.29, 1.82) is 0 Å².